The van der Waals surface area contributed by atoms with E-state index >= 15 is 0 Å². The second-order valence-corrected chi connectivity index (χ2v) is 7.86. The molecular formula is C14H17N3O2S. The normalized spacial score (nSPS) is 22.1. The van der Waals surface area contributed by atoms with Gasteiger partial charge >= 0.3 is 0 Å². The molecule has 0 saturated carbocycles. The maximum Gasteiger partial charge on any atom is 0.275 e. The van der Waals surface area contributed by atoms with Crippen LogP contribution < -0.4 is 0 Å². The van der Waals surface area contributed by atoms with E-state index in [2.05, 4.69) is 10.2 Å². The summed E-state index contributed by atoms with van der Waals surface area (Å²) in [6.45, 7) is 4.89. The van der Waals surface area contributed by atoms with Crippen LogP contribution in [0.15, 0.2) is 24.3 Å². The maximum atomic E-state index is 12.6. The Morgan fingerprint density at radius 1 is 1.40 bits per heavy atom. The standard InChI is InChI=1S/C14H17N3O2S/c1-14(2)9-17(7-8-20(14)19)13(18)12-10-5-3-4-6-11(10)15-16-12/h3-6H,7-9H2,1-2H3,(H,15,16)/t20-/m1/s1. The van der Waals surface area contributed by atoms with Crippen molar-refractivity contribution in [2.24, 2.45) is 0 Å². The number of hydrogen-bond acceptors (Lipinski definition) is 3. The van der Waals surface area contributed by atoms with E-state index in [0.29, 0.717) is 24.5 Å². The summed E-state index contributed by atoms with van der Waals surface area (Å²) in [7, 11) is -0.884. The number of aromatic nitrogens is 2. The Bertz CT molecular complexity index is 693. The molecule has 0 unspecified atom stereocenters. The molecule has 0 aliphatic carbocycles. The number of benzene rings is 1. The topological polar surface area (TPSA) is 66.1 Å². The molecule has 6 heteroatoms. The zero-order chi connectivity index (χ0) is 14.3. The summed E-state index contributed by atoms with van der Waals surface area (Å²) in [5.41, 5.74) is 1.31. The number of amides is 1. The second-order valence-electron chi connectivity index (χ2n) is 5.65. The molecular weight excluding hydrogens is 274 g/mol. The van der Waals surface area contributed by atoms with E-state index in [0.717, 1.165) is 10.9 Å². The van der Waals surface area contributed by atoms with Gasteiger partial charge in [-0.15, -0.1) is 0 Å². The molecule has 20 heavy (non-hydrogen) atoms. The van der Waals surface area contributed by atoms with Gasteiger partial charge in [0.1, 0.15) is 0 Å². The number of fused-ring (bicyclic) bond motifs is 1. The Morgan fingerprint density at radius 2 is 2.15 bits per heavy atom. The van der Waals surface area contributed by atoms with Crippen molar-refractivity contribution in [2.45, 2.75) is 18.6 Å². The molecule has 3 rings (SSSR count). The van der Waals surface area contributed by atoms with E-state index in [1.54, 1.807) is 4.90 Å². The summed E-state index contributed by atoms with van der Waals surface area (Å²) in [5, 5.41) is 7.86. The van der Waals surface area contributed by atoms with Gasteiger partial charge in [0.25, 0.3) is 5.91 Å². The average Bonchev–Trinajstić information content (AvgIpc) is 2.85. The smallest absolute Gasteiger partial charge is 0.275 e. The number of rotatable bonds is 1. The first kappa shape index (κ1) is 13.3. The first-order valence-corrected chi connectivity index (χ1v) is 7.92. The van der Waals surface area contributed by atoms with Crippen LogP contribution >= 0.6 is 0 Å². The molecule has 2 heterocycles. The van der Waals surface area contributed by atoms with Crippen LogP contribution in [0.1, 0.15) is 24.3 Å². The molecule has 1 aliphatic heterocycles. The molecule has 0 spiro atoms. The highest BCUT2D eigenvalue weighted by Crippen LogP contribution is 2.23. The van der Waals surface area contributed by atoms with Crippen LogP contribution in [-0.2, 0) is 10.8 Å². The molecule has 1 amide bonds. The van der Waals surface area contributed by atoms with Crippen LogP contribution in [0.2, 0.25) is 0 Å². The van der Waals surface area contributed by atoms with E-state index in [4.69, 9.17) is 0 Å². The summed E-state index contributed by atoms with van der Waals surface area (Å²) in [6.07, 6.45) is 0. The molecule has 1 N–H and O–H groups in total. The number of H-pyrrole nitrogens is 1. The lowest BCUT2D eigenvalue weighted by molar-refractivity contribution is 0.0742. The number of nitrogens with one attached hydrogen (secondary N) is 1. The van der Waals surface area contributed by atoms with Gasteiger partial charge in [-0.1, -0.05) is 18.2 Å². The number of nitrogens with zero attached hydrogens (tertiary/aromatic N) is 2. The number of para-hydroxylation sites is 1. The Hall–Kier alpha value is -1.69. The minimum absolute atomic E-state index is 0.0905. The van der Waals surface area contributed by atoms with E-state index in [-0.39, 0.29) is 10.7 Å². The minimum atomic E-state index is -0.884. The van der Waals surface area contributed by atoms with E-state index in [1.807, 2.05) is 38.1 Å². The molecule has 2 aromatic rings. The molecule has 0 bridgehead atoms. The van der Waals surface area contributed by atoms with Gasteiger partial charge in [0.05, 0.1) is 10.3 Å². The Morgan fingerprint density at radius 3 is 2.90 bits per heavy atom. The minimum Gasteiger partial charge on any atom is -0.335 e. The van der Waals surface area contributed by atoms with E-state index in [9.17, 15) is 9.00 Å². The Kier molecular flexibility index (Phi) is 3.12. The molecule has 1 atom stereocenters. The van der Waals surface area contributed by atoms with Crippen molar-refractivity contribution in [1.29, 1.82) is 0 Å². The van der Waals surface area contributed by atoms with Gasteiger partial charge < -0.3 is 4.90 Å². The van der Waals surface area contributed by atoms with Crippen molar-refractivity contribution in [1.82, 2.24) is 15.1 Å². The highest BCUT2D eigenvalue weighted by molar-refractivity contribution is 7.86. The van der Waals surface area contributed by atoms with Crippen LogP contribution in [0, 0.1) is 0 Å². The molecule has 5 nitrogen and oxygen atoms in total. The Balaban J connectivity index is 1.91. The van der Waals surface area contributed by atoms with Gasteiger partial charge in [-0.3, -0.25) is 14.1 Å². The van der Waals surface area contributed by atoms with Gasteiger partial charge in [0.15, 0.2) is 5.69 Å². The number of hydrogen-bond donors (Lipinski definition) is 1. The molecule has 1 aliphatic rings. The van der Waals surface area contributed by atoms with Crippen LogP contribution in [0.5, 0.6) is 0 Å². The monoisotopic (exact) mass is 291 g/mol. The summed E-state index contributed by atoms with van der Waals surface area (Å²) in [5.74, 6) is 0.438. The highest BCUT2D eigenvalue weighted by atomic mass is 32.2. The predicted molar refractivity (Wildman–Crippen MR) is 79.1 cm³/mol. The van der Waals surface area contributed by atoms with Gasteiger partial charge in [-0.2, -0.15) is 5.10 Å². The molecule has 1 saturated heterocycles. The zero-order valence-electron chi connectivity index (χ0n) is 11.5. The summed E-state index contributed by atoms with van der Waals surface area (Å²) in [4.78, 5) is 14.4. The van der Waals surface area contributed by atoms with Gasteiger partial charge in [0, 0.05) is 35.0 Å². The first-order valence-electron chi connectivity index (χ1n) is 6.60. The van der Waals surface area contributed by atoms with Crippen molar-refractivity contribution < 1.29 is 9.00 Å². The number of carbonyl (C=O) groups excluding carboxylic acids is 1. The fourth-order valence-corrected chi connectivity index (χ4v) is 3.77. The second kappa shape index (κ2) is 4.70. The average molecular weight is 291 g/mol. The van der Waals surface area contributed by atoms with Crippen molar-refractivity contribution in [3.63, 3.8) is 0 Å². The number of aromatic amines is 1. The third-order valence-electron chi connectivity index (χ3n) is 3.69. The summed E-state index contributed by atoms with van der Waals surface area (Å²) >= 11 is 0. The van der Waals surface area contributed by atoms with Crippen molar-refractivity contribution in [3.05, 3.63) is 30.0 Å². The van der Waals surface area contributed by atoms with Crippen LogP contribution in [0.4, 0.5) is 0 Å². The van der Waals surface area contributed by atoms with Crippen molar-refractivity contribution in [2.75, 3.05) is 18.8 Å². The first-order chi connectivity index (χ1) is 9.49. The van der Waals surface area contributed by atoms with Crippen LogP contribution in [-0.4, -0.2) is 48.8 Å². The molecule has 1 fully saturated rings. The quantitative estimate of drug-likeness (QED) is 0.867. The maximum absolute atomic E-state index is 12.6. The van der Waals surface area contributed by atoms with Crippen molar-refractivity contribution in [3.8, 4) is 0 Å². The zero-order valence-corrected chi connectivity index (χ0v) is 12.4. The highest BCUT2D eigenvalue weighted by Gasteiger charge is 2.36. The lowest BCUT2D eigenvalue weighted by atomic mass is 10.1. The predicted octanol–water partition coefficient (Wildman–Crippen LogP) is 1.55. The fraction of sp³-hybridized carbons (Fsp3) is 0.429. The lowest BCUT2D eigenvalue weighted by Crippen LogP contribution is -2.52. The van der Waals surface area contributed by atoms with Crippen LogP contribution in [0.25, 0.3) is 10.9 Å². The fourth-order valence-electron chi connectivity index (χ4n) is 2.53. The Labute approximate surface area is 119 Å². The molecule has 1 aromatic heterocycles. The van der Waals surface area contributed by atoms with Crippen LogP contribution in [0.3, 0.4) is 0 Å². The summed E-state index contributed by atoms with van der Waals surface area (Å²) < 4.78 is 11.6. The molecule has 1 aromatic carbocycles. The van der Waals surface area contributed by atoms with Crippen molar-refractivity contribution >= 4 is 27.6 Å². The number of carbonyl (C=O) groups is 1. The SMILES string of the molecule is CC1(C)CN(C(=O)c2n[nH]c3ccccc23)CC[S@]1=O. The molecule has 106 valence electrons. The summed E-state index contributed by atoms with van der Waals surface area (Å²) in [6, 6.07) is 7.58. The third-order valence-corrected chi connectivity index (χ3v) is 5.61. The third kappa shape index (κ3) is 2.14. The van der Waals surface area contributed by atoms with Gasteiger partial charge in [0.2, 0.25) is 0 Å². The largest absolute Gasteiger partial charge is 0.335 e. The molecule has 0 radical (unpaired) electrons. The van der Waals surface area contributed by atoms with Gasteiger partial charge in [-0.05, 0) is 19.9 Å². The lowest BCUT2D eigenvalue weighted by Gasteiger charge is -2.36. The van der Waals surface area contributed by atoms with Gasteiger partial charge in [-0.25, -0.2) is 0 Å². The van der Waals surface area contributed by atoms with E-state index < -0.39 is 10.8 Å². The van der Waals surface area contributed by atoms with E-state index in [1.165, 1.54) is 0 Å².